The van der Waals surface area contributed by atoms with Gasteiger partial charge < -0.3 is 15.5 Å². The number of aromatic amines is 2. The van der Waals surface area contributed by atoms with Crippen molar-refractivity contribution in [2.45, 2.75) is 62.3 Å². The van der Waals surface area contributed by atoms with Crippen LogP contribution in [-0.4, -0.2) is 29.3 Å². The number of H-pyrrole nitrogens is 2. The first-order valence-electron chi connectivity index (χ1n) is 10.9. The number of allylic oxidation sites excluding steroid dienone is 1. The molecule has 2 aromatic rings. The van der Waals surface area contributed by atoms with Gasteiger partial charge in [0.15, 0.2) is 0 Å². The van der Waals surface area contributed by atoms with Crippen molar-refractivity contribution in [2.24, 2.45) is 11.7 Å². The predicted octanol–water partition coefficient (Wildman–Crippen LogP) is 4.01. The number of thiophene rings is 1. The molecular weight excluding hydrogens is 462 g/mol. The van der Waals surface area contributed by atoms with Crippen LogP contribution in [0.5, 0.6) is 0 Å². The minimum Gasteiger partial charge on any atom is -0.374 e. The molecule has 4 atom stereocenters. The number of hydrogen-bond acceptors (Lipinski definition) is 5. The average molecular weight is 486 g/mol. The number of aromatic nitrogens is 2. The summed E-state index contributed by atoms with van der Waals surface area (Å²) in [5.74, 6) is -2.52. The lowest BCUT2D eigenvalue weighted by molar-refractivity contribution is -0.153. The molecule has 0 spiro atoms. The molecule has 3 aliphatic rings. The maximum absolute atomic E-state index is 16.1. The van der Waals surface area contributed by atoms with Crippen molar-refractivity contribution in [1.29, 1.82) is 0 Å². The van der Waals surface area contributed by atoms with E-state index in [0.717, 1.165) is 4.88 Å². The normalized spacial score (nSPS) is 26.2. The predicted molar refractivity (Wildman–Crippen MR) is 115 cm³/mol. The van der Waals surface area contributed by atoms with Crippen LogP contribution in [0.15, 0.2) is 21.5 Å². The second-order valence-electron chi connectivity index (χ2n) is 8.96. The molecule has 178 valence electrons. The summed E-state index contributed by atoms with van der Waals surface area (Å²) in [6, 6.07) is -0.381. The lowest BCUT2D eigenvalue weighted by Crippen LogP contribution is -2.43. The fraction of sp³-hybridized carbons (Fsp3) is 0.545. The summed E-state index contributed by atoms with van der Waals surface area (Å²) in [5, 5.41) is 0. The highest BCUT2D eigenvalue weighted by molar-refractivity contribution is 7.12. The first kappa shape index (κ1) is 22.5. The van der Waals surface area contributed by atoms with Gasteiger partial charge in [0.2, 0.25) is 0 Å². The van der Waals surface area contributed by atoms with Crippen LogP contribution in [-0.2, 0) is 11.2 Å². The van der Waals surface area contributed by atoms with Gasteiger partial charge in [0.1, 0.15) is 18.0 Å². The molecule has 6 nitrogen and oxygen atoms in total. The number of halogens is 4. The van der Waals surface area contributed by atoms with Crippen LogP contribution >= 0.6 is 11.3 Å². The third-order valence-electron chi connectivity index (χ3n) is 6.90. The van der Waals surface area contributed by atoms with Crippen LogP contribution in [0.4, 0.5) is 17.6 Å². The zero-order valence-corrected chi connectivity index (χ0v) is 18.5. The first-order valence-corrected chi connectivity index (χ1v) is 11.7. The molecule has 11 heteroatoms. The Bertz CT molecular complexity index is 1240. The van der Waals surface area contributed by atoms with Gasteiger partial charge in [-0.05, 0) is 49.7 Å². The third-order valence-corrected chi connectivity index (χ3v) is 8.19. The molecule has 0 bridgehead atoms. The average Bonchev–Trinajstić information content (AvgIpc) is 3.49. The van der Waals surface area contributed by atoms with Gasteiger partial charge in [-0.1, -0.05) is 0 Å². The number of ether oxygens (including phenoxy) is 1. The summed E-state index contributed by atoms with van der Waals surface area (Å²) >= 11 is 1.26. The Labute approximate surface area is 189 Å². The molecule has 0 saturated heterocycles. The van der Waals surface area contributed by atoms with Crippen LogP contribution in [0.1, 0.15) is 70.2 Å². The van der Waals surface area contributed by atoms with Gasteiger partial charge in [-0.3, -0.25) is 9.78 Å². The summed E-state index contributed by atoms with van der Waals surface area (Å²) in [4.78, 5) is 30.7. The topological polar surface area (TPSA) is 101 Å². The van der Waals surface area contributed by atoms with E-state index < -0.39 is 47.2 Å². The van der Waals surface area contributed by atoms with Crippen molar-refractivity contribution in [3.63, 3.8) is 0 Å². The van der Waals surface area contributed by atoms with Gasteiger partial charge >= 0.3 is 11.9 Å². The Balaban J connectivity index is 1.66. The number of aryl methyl sites for hydroxylation is 1. The minimum absolute atomic E-state index is 0.0935. The summed E-state index contributed by atoms with van der Waals surface area (Å²) < 4.78 is 61.8. The summed E-state index contributed by atoms with van der Waals surface area (Å²) in [6.07, 6.45) is -2.63. The van der Waals surface area contributed by atoms with Gasteiger partial charge in [-0.15, -0.1) is 11.3 Å². The number of methoxy groups -OCH3 is 1. The van der Waals surface area contributed by atoms with E-state index in [-0.39, 0.29) is 22.7 Å². The maximum Gasteiger partial charge on any atom is 0.404 e. The fourth-order valence-electron chi connectivity index (χ4n) is 5.24. The summed E-state index contributed by atoms with van der Waals surface area (Å²) in [5.41, 5.74) is 5.24. The van der Waals surface area contributed by atoms with Crippen LogP contribution < -0.4 is 17.0 Å². The number of nitrogens with one attached hydrogen (secondary N) is 2. The lowest BCUT2D eigenvalue weighted by atomic mass is 9.79. The molecule has 33 heavy (non-hydrogen) atoms. The summed E-state index contributed by atoms with van der Waals surface area (Å²) in [6.45, 7) is 0. The number of alkyl halides is 3. The number of rotatable bonds is 4. The number of nitrogens with two attached hydrogens (primary N) is 1. The van der Waals surface area contributed by atoms with E-state index in [1.54, 1.807) is 6.07 Å². The Morgan fingerprint density at radius 3 is 2.58 bits per heavy atom. The van der Waals surface area contributed by atoms with Crippen LogP contribution in [0.25, 0.3) is 5.57 Å². The molecule has 3 aliphatic carbocycles. The van der Waals surface area contributed by atoms with Gasteiger partial charge in [0.05, 0.1) is 17.2 Å². The second kappa shape index (κ2) is 7.92. The van der Waals surface area contributed by atoms with E-state index >= 15 is 4.39 Å². The zero-order valence-electron chi connectivity index (χ0n) is 17.7. The molecule has 1 fully saturated rings. The highest BCUT2D eigenvalue weighted by Gasteiger charge is 2.47. The molecular formula is C22H23F4N3O3S. The monoisotopic (exact) mass is 485 g/mol. The Morgan fingerprint density at radius 2 is 1.94 bits per heavy atom. The molecule has 0 radical (unpaired) electrons. The van der Waals surface area contributed by atoms with E-state index in [2.05, 4.69) is 9.97 Å². The Kier molecular flexibility index (Phi) is 5.41. The highest BCUT2D eigenvalue weighted by atomic mass is 32.1. The number of hydrogen-bond donors (Lipinski definition) is 3. The molecule has 1 saturated carbocycles. The van der Waals surface area contributed by atoms with Gasteiger partial charge in [0, 0.05) is 28.4 Å². The van der Waals surface area contributed by atoms with Gasteiger partial charge in [-0.2, -0.15) is 13.2 Å². The highest BCUT2D eigenvalue weighted by Crippen LogP contribution is 2.56. The van der Waals surface area contributed by atoms with Crippen molar-refractivity contribution >= 4 is 16.9 Å². The van der Waals surface area contributed by atoms with Crippen molar-refractivity contribution < 1.29 is 22.3 Å². The summed E-state index contributed by atoms with van der Waals surface area (Å²) in [7, 11) is 1.35. The van der Waals surface area contributed by atoms with E-state index in [1.165, 1.54) is 18.4 Å². The van der Waals surface area contributed by atoms with Crippen molar-refractivity contribution in [2.75, 3.05) is 7.11 Å². The van der Waals surface area contributed by atoms with Gasteiger partial charge in [0.25, 0.3) is 5.56 Å². The Hall–Kier alpha value is -2.24. The van der Waals surface area contributed by atoms with E-state index in [4.69, 9.17) is 10.5 Å². The first-order chi connectivity index (χ1) is 15.6. The molecule has 5 rings (SSSR count). The van der Waals surface area contributed by atoms with Crippen LogP contribution in [0, 0.1) is 5.92 Å². The van der Waals surface area contributed by atoms with E-state index in [0.29, 0.717) is 42.5 Å². The molecule has 4 N–H and O–H groups in total. The molecule has 4 unspecified atom stereocenters. The van der Waals surface area contributed by atoms with Crippen LogP contribution in [0.3, 0.4) is 0 Å². The largest absolute Gasteiger partial charge is 0.404 e. The fourth-order valence-corrected chi connectivity index (χ4v) is 6.64. The zero-order chi connectivity index (χ0) is 23.7. The van der Waals surface area contributed by atoms with E-state index in [9.17, 15) is 22.8 Å². The lowest BCUT2D eigenvalue weighted by Gasteiger charge is -2.32. The molecule has 0 amide bonds. The number of fused-ring (bicyclic) bond motifs is 2. The van der Waals surface area contributed by atoms with Crippen LogP contribution in [0.2, 0.25) is 0 Å². The second-order valence-corrected chi connectivity index (χ2v) is 10.1. The van der Waals surface area contributed by atoms with Crippen molar-refractivity contribution in [3.8, 4) is 0 Å². The quantitative estimate of drug-likeness (QED) is 0.570. The van der Waals surface area contributed by atoms with Crippen molar-refractivity contribution in [3.05, 3.63) is 59.3 Å². The van der Waals surface area contributed by atoms with E-state index in [1.807, 2.05) is 0 Å². The maximum atomic E-state index is 16.1. The van der Waals surface area contributed by atoms with Crippen molar-refractivity contribution in [1.82, 2.24) is 9.97 Å². The third kappa shape index (κ3) is 3.70. The Morgan fingerprint density at radius 1 is 1.21 bits per heavy atom. The molecule has 0 aliphatic heterocycles. The smallest absolute Gasteiger partial charge is 0.374 e. The molecule has 2 aromatic heterocycles. The minimum atomic E-state index is -4.54. The van der Waals surface area contributed by atoms with Gasteiger partial charge in [-0.25, -0.2) is 9.18 Å². The molecule has 0 aromatic carbocycles. The molecule has 2 heterocycles. The SMILES string of the molecule is COC1c2[nH]c(=O)[nH]c(=O)c2C(C2CC2)=C(F)C1c1cc2c(s1)CCCC2C(N)C(F)(F)F. The standard InChI is InChI=1S/C22H23F4N3O3S/c1-32-18-14(12-7-10-9(19(27)22(24,25)26)3-2-4-11(10)33-12)16(23)13(8-5-6-8)15-17(18)28-21(31)29-20(15)30/h7-9,14,18-19H,2-6,27H2,1H3,(H2,28,29,30,31).